The molecule has 4 aromatic rings. The van der Waals surface area contributed by atoms with Crippen LogP contribution in [0.3, 0.4) is 0 Å². The van der Waals surface area contributed by atoms with Gasteiger partial charge in [-0.15, -0.1) is 0 Å². The van der Waals surface area contributed by atoms with Gasteiger partial charge in [0.05, 0.1) is 16.8 Å². The third kappa shape index (κ3) is 5.93. The molecule has 0 radical (unpaired) electrons. The van der Waals surface area contributed by atoms with Gasteiger partial charge in [0.15, 0.2) is 0 Å². The van der Waals surface area contributed by atoms with Crippen molar-refractivity contribution in [2.75, 3.05) is 22.9 Å². The number of ether oxygens (including phenoxy) is 1. The van der Waals surface area contributed by atoms with Gasteiger partial charge in [0, 0.05) is 35.3 Å². The molecule has 0 saturated carbocycles. The summed E-state index contributed by atoms with van der Waals surface area (Å²) in [5.74, 6) is -2.42. The molecule has 1 unspecified atom stereocenters. The number of halogens is 6. The minimum absolute atomic E-state index is 0.0502. The van der Waals surface area contributed by atoms with Crippen LogP contribution < -0.4 is 9.80 Å². The van der Waals surface area contributed by atoms with Crippen molar-refractivity contribution < 1.29 is 27.5 Å². The number of aromatic nitrogens is 4. The molecule has 6 rings (SSSR count). The van der Waals surface area contributed by atoms with Gasteiger partial charge in [-0.1, -0.05) is 48.3 Å². The van der Waals surface area contributed by atoms with Crippen molar-refractivity contribution in [3.63, 3.8) is 0 Å². The number of benzene rings is 2. The molecule has 0 N–H and O–H groups in total. The Kier molecular flexibility index (Phi) is 8.79. The number of hydrogen-bond donors (Lipinski definition) is 0. The highest BCUT2D eigenvalue weighted by atomic mass is 35.5. The number of carbonyl (C=O) groups is 2. The van der Waals surface area contributed by atoms with Gasteiger partial charge in [0.2, 0.25) is 5.60 Å². The Morgan fingerprint density at radius 1 is 1.00 bits per heavy atom. The lowest BCUT2D eigenvalue weighted by atomic mass is 9.98. The normalized spacial score (nSPS) is 18.8. The number of fused-ring (bicyclic) bond motifs is 1. The molecule has 15 heteroatoms. The summed E-state index contributed by atoms with van der Waals surface area (Å²) in [4.78, 5) is 34.8. The zero-order valence-corrected chi connectivity index (χ0v) is 25.6. The lowest BCUT2D eigenvalue weighted by Crippen LogP contribution is -2.37. The number of cyclic esters (lactones) is 1. The first-order valence-electron chi connectivity index (χ1n) is 13.3. The third-order valence-corrected chi connectivity index (χ3v) is 8.01. The Morgan fingerprint density at radius 2 is 1.61 bits per heavy atom. The number of amides is 2. The van der Waals surface area contributed by atoms with Crippen LogP contribution in [-0.2, 0) is 9.53 Å². The van der Waals surface area contributed by atoms with E-state index in [0.717, 1.165) is 17.7 Å². The van der Waals surface area contributed by atoms with E-state index in [1.165, 1.54) is 42.0 Å². The maximum absolute atomic E-state index is 14.5. The van der Waals surface area contributed by atoms with Gasteiger partial charge in [0.1, 0.15) is 34.7 Å². The van der Waals surface area contributed by atoms with Gasteiger partial charge in [-0.05, 0) is 50.0 Å². The van der Waals surface area contributed by atoms with Gasteiger partial charge in [0.25, 0.3) is 11.7 Å². The summed E-state index contributed by atoms with van der Waals surface area (Å²) in [6.45, 7) is 8.45. The van der Waals surface area contributed by atoms with Crippen LogP contribution >= 0.6 is 34.8 Å². The largest absolute Gasteiger partial charge is 0.428 e. The fourth-order valence-corrected chi connectivity index (χ4v) is 5.68. The van der Waals surface area contributed by atoms with Crippen LogP contribution in [0.1, 0.15) is 26.7 Å². The summed E-state index contributed by atoms with van der Waals surface area (Å²) in [6, 6.07) is 5.68. The molecule has 2 aliphatic heterocycles. The number of rotatable bonds is 4. The maximum atomic E-state index is 14.5. The van der Waals surface area contributed by atoms with E-state index < -0.39 is 40.6 Å². The molecule has 2 aromatic carbocycles. The predicted octanol–water partition coefficient (Wildman–Crippen LogP) is 7.52. The van der Waals surface area contributed by atoms with Crippen molar-refractivity contribution in [3.05, 3.63) is 82.0 Å². The van der Waals surface area contributed by atoms with Gasteiger partial charge in [-0.25, -0.2) is 22.9 Å². The van der Waals surface area contributed by atoms with E-state index in [0.29, 0.717) is 47.0 Å². The van der Waals surface area contributed by atoms with E-state index in [1.807, 2.05) is 4.90 Å². The van der Waals surface area contributed by atoms with E-state index in [9.17, 15) is 22.8 Å². The molecule has 2 fully saturated rings. The van der Waals surface area contributed by atoms with E-state index in [4.69, 9.17) is 39.5 Å². The van der Waals surface area contributed by atoms with Gasteiger partial charge in [-0.2, -0.15) is 19.6 Å². The molecule has 230 valence electrons. The lowest BCUT2D eigenvalue weighted by Gasteiger charge is -2.33. The van der Waals surface area contributed by atoms with Gasteiger partial charge < -0.3 is 9.64 Å². The summed E-state index contributed by atoms with van der Waals surface area (Å²) in [6.07, 6.45) is 3.64. The first-order valence-corrected chi connectivity index (χ1v) is 14.4. The van der Waals surface area contributed by atoms with Crippen LogP contribution in [-0.4, -0.2) is 50.3 Å². The van der Waals surface area contributed by atoms with Crippen LogP contribution in [0.2, 0.25) is 15.2 Å². The molecule has 0 aliphatic carbocycles. The minimum atomic E-state index is -1.36. The number of piperidine rings is 1. The zero-order valence-electron chi connectivity index (χ0n) is 23.3. The minimum Gasteiger partial charge on any atom is -0.428 e. The molecule has 44 heavy (non-hydrogen) atoms. The number of imide groups is 1. The van der Waals surface area contributed by atoms with Crippen LogP contribution in [0, 0.1) is 23.4 Å². The second kappa shape index (κ2) is 12.3. The first kappa shape index (κ1) is 31.6. The van der Waals surface area contributed by atoms with Crippen molar-refractivity contribution >= 4 is 64.1 Å². The second-order valence-corrected chi connectivity index (χ2v) is 11.7. The molecule has 1 atom stereocenters. The summed E-state index contributed by atoms with van der Waals surface area (Å²) in [5, 5.41) is 4.68. The summed E-state index contributed by atoms with van der Waals surface area (Å²) in [7, 11) is 0. The zero-order chi connectivity index (χ0) is 31.9. The first-order chi connectivity index (χ1) is 20.8. The van der Waals surface area contributed by atoms with Crippen molar-refractivity contribution in [1.29, 1.82) is 0 Å². The van der Waals surface area contributed by atoms with Crippen LogP contribution in [0.5, 0.6) is 0 Å². The molecular formula is C29H24Cl3F3N6O3. The SMILES string of the molecule is C=CC1(C)OC(=O)N(c2cc(Cl)cc(Cl)c2)C1=O.CC1CCN(c2c(-c3c(F)cc(F)cc3F)c(Cl)nc3ncnn23)CC1. The quantitative estimate of drug-likeness (QED) is 0.164. The number of anilines is 2. The molecule has 4 heterocycles. The standard InChI is InChI=1S/C17H15ClF3N5.C12H9Cl2NO3/c1-9-2-4-25(5-3-9)16-14(13-11(20)6-10(19)7-12(13)21)15(18)24-17-22-8-23-26(16)17;1-3-12(2)10(16)15(11(17)18-12)9-5-7(13)4-8(14)6-9/h6-9H,2-5H2,1H3;3-6H,1H2,2H3. The fourth-order valence-electron chi connectivity index (χ4n) is 4.91. The van der Waals surface area contributed by atoms with Gasteiger partial charge >= 0.3 is 6.09 Å². The number of carbonyl (C=O) groups excluding carboxylic acids is 2. The van der Waals surface area contributed by atoms with Crippen LogP contribution in [0.15, 0.2) is 49.3 Å². The Hall–Kier alpha value is -3.87. The Balaban J connectivity index is 0.000000187. The highest BCUT2D eigenvalue weighted by molar-refractivity contribution is 6.35. The molecule has 9 nitrogen and oxygen atoms in total. The number of nitrogens with zero attached hydrogens (tertiary/aromatic N) is 6. The topological polar surface area (TPSA) is 92.9 Å². The molecule has 2 aliphatic rings. The van der Waals surface area contributed by atoms with Crippen molar-refractivity contribution in [2.45, 2.75) is 32.3 Å². The van der Waals surface area contributed by atoms with Crippen molar-refractivity contribution in [1.82, 2.24) is 19.6 Å². The average molecular weight is 668 g/mol. The third-order valence-electron chi connectivity index (χ3n) is 7.30. The molecule has 2 saturated heterocycles. The van der Waals surface area contributed by atoms with Gasteiger partial charge in [-0.3, -0.25) is 4.79 Å². The van der Waals surface area contributed by atoms with E-state index in [-0.39, 0.29) is 22.2 Å². The summed E-state index contributed by atoms with van der Waals surface area (Å²) in [5.41, 5.74) is -1.46. The summed E-state index contributed by atoms with van der Waals surface area (Å²) < 4.78 is 48.7. The van der Waals surface area contributed by atoms with Crippen LogP contribution in [0.25, 0.3) is 16.9 Å². The lowest BCUT2D eigenvalue weighted by molar-refractivity contribution is -0.125. The van der Waals surface area contributed by atoms with Crippen molar-refractivity contribution in [2.24, 2.45) is 5.92 Å². The molecule has 2 amide bonds. The maximum Gasteiger partial charge on any atom is 0.422 e. The monoisotopic (exact) mass is 666 g/mol. The Bertz CT molecular complexity index is 1750. The van der Waals surface area contributed by atoms with Crippen LogP contribution in [0.4, 0.5) is 29.5 Å². The van der Waals surface area contributed by atoms with E-state index >= 15 is 0 Å². The average Bonchev–Trinajstić information content (AvgIpc) is 3.49. The molecule has 0 bridgehead atoms. The number of hydrogen-bond acceptors (Lipinski definition) is 7. The highest BCUT2D eigenvalue weighted by Gasteiger charge is 2.49. The predicted molar refractivity (Wildman–Crippen MR) is 161 cm³/mol. The molecule has 2 aromatic heterocycles. The summed E-state index contributed by atoms with van der Waals surface area (Å²) >= 11 is 18.0. The molecule has 0 spiro atoms. The van der Waals surface area contributed by atoms with E-state index in [2.05, 4.69) is 28.6 Å². The Morgan fingerprint density at radius 3 is 2.18 bits per heavy atom. The second-order valence-electron chi connectivity index (χ2n) is 10.4. The smallest absolute Gasteiger partial charge is 0.422 e. The Labute approximate surface area is 264 Å². The fraction of sp³-hybridized carbons (Fsp3) is 0.276. The molecular weight excluding hydrogens is 644 g/mol. The van der Waals surface area contributed by atoms with E-state index in [1.54, 1.807) is 0 Å². The van der Waals surface area contributed by atoms with Crippen molar-refractivity contribution in [3.8, 4) is 11.1 Å². The highest BCUT2D eigenvalue weighted by Crippen LogP contribution is 2.40.